The van der Waals surface area contributed by atoms with Gasteiger partial charge in [-0.25, -0.2) is 0 Å². The van der Waals surface area contributed by atoms with Gasteiger partial charge in [-0.2, -0.15) is 0 Å². The quantitative estimate of drug-likeness (QED) is 0.349. The first-order valence-electron chi connectivity index (χ1n) is 15.7. The fourth-order valence-electron chi connectivity index (χ4n) is 9.86. The Bertz CT molecular complexity index is 781. The molecule has 9 atom stereocenters. The fraction of sp³-hybridized carbons (Fsp3) is 0.938. The van der Waals surface area contributed by atoms with Crippen molar-refractivity contribution in [2.24, 2.45) is 34.5 Å². The van der Waals surface area contributed by atoms with Gasteiger partial charge in [-0.15, -0.1) is 0 Å². The van der Waals surface area contributed by atoms with Crippen molar-refractivity contribution in [1.82, 2.24) is 0 Å². The summed E-state index contributed by atoms with van der Waals surface area (Å²) in [5.74, 6) is 3.21. The summed E-state index contributed by atoms with van der Waals surface area (Å²) in [6.45, 7) is 9.23. The Labute approximate surface area is 220 Å². The molecule has 6 aliphatic rings. The summed E-state index contributed by atoms with van der Waals surface area (Å²) >= 11 is 0. The number of rotatable bonds is 6. The van der Waals surface area contributed by atoms with Gasteiger partial charge < -0.3 is 18.9 Å². The summed E-state index contributed by atoms with van der Waals surface area (Å²) in [7, 11) is 0. The third-order valence-electron chi connectivity index (χ3n) is 11.4. The highest BCUT2D eigenvalue weighted by Crippen LogP contribution is 2.67. The lowest BCUT2D eigenvalue weighted by molar-refractivity contribution is -0.216. The Morgan fingerprint density at radius 1 is 0.861 bits per heavy atom. The first kappa shape index (κ1) is 25.8. The maximum atomic E-state index is 6.72. The number of hydrogen-bond donors (Lipinski definition) is 0. The molecule has 0 aromatic heterocycles. The largest absolute Gasteiger partial charge is 0.353 e. The second-order valence-corrected chi connectivity index (χ2v) is 13.9. The van der Waals surface area contributed by atoms with E-state index in [0.29, 0.717) is 23.0 Å². The topological polar surface area (TPSA) is 36.9 Å². The van der Waals surface area contributed by atoms with Crippen LogP contribution < -0.4 is 0 Å². The summed E-state index contributed by atoms with van der Waals surface area (Å²) in [4.78, 5) is 0. The standard InChI is InChI=1S/C32H52O4/c1-22(2)21-32-17-14-24(35-29-8-4-6-18-33-29)20-23(32)10-11-25-26-12-13-28(31(26,3)16-15-27(25)32)36-30-9-5-7-19-34-30/h10,22,24-30H,4-9,11-21H2,1-3H3/t24-,25-,26-,27-,28-,29?,30?,31-,32+/m0/s1. The van der Waals surface area contributed by atoms with Crippen LogP contribution >= 0.6 is 0 Å². The molecule has 6 rings (SSSR count). The van der Waals surface area contributed by atoms with Gasteiger partial charge in [0.2, 0.25) is 0 Å². The van der Waals surface area contributed by atoms with E-state index in [1.165, 1.54) is 77.0 Å². The summed E-state index contributed by atoms with van der Waals surface area (Å²) in [5.41, 5.74) is 2.48. The lowest BCUT2D eigenvalue weighted by Gasteiger charge is -2.59. The minimum absolute atomic E-state index is 0.0391. The molecule has 2 aliphatic heterocycles. The zero-order valence-corrected chi connectivity index (χ0v) is 23.3. The van der Waals surface area contributed by atoms with Crippen molar-refractivity contribution >= 4 is 0 Å². The minimum Gasteiger partial charge on any atom is -0.353 e. The van der Waals surface area contributed by atoms with Crippen LogP contribution in [0.2, 0.25) is 0 Å². The van der Waals surface area contributed by atoms with Gasteiger partial charge in [0.05, 0.1) is 12.2 Å². The van der Waals surface area contributed by atoms with E-state index in [-0.39, 0.29) is 12.6 Å². The molecule has 36 heavy (non-hydrogen) atoms. The molecule has 4 heteroatoms. The van der Waals surface area contributed by atoms with Crippen molar-refractivity contribution in [1.29, 1.82) is 0 Å². The molecule has 2 saturated heterocycles. The van der Waals surface area contributed by atoms with Crippen LogP contribution in [0.3, 0.4) is 0 Å². The Morgan fingerprint density at radius 2 is 1.61 bits per heavy atom. The maximum absolute atomic E-state index is 6.72. The van der Waals surface area contributed by atoms with Crippen LogP contribution in [0.1, 0.15) is 117 Å². The van der Waals surface area contributed by atoms with Crippen molar-refractivity contribution in [3.63, 3.8) is 0 Å². The molecular weight excluding hydrogens is 448 g/mol. The van der Waals surface area contributed by atoms with Crippen LogP contribution in [0.5, 0.6) is 0 Å². The number of hydrogen-bond acceptors (Lipinski definition) is 4. The molecule has 5 fully saturated rings. The Hall–Kier alpha value is -0.420. The second-order valence-electron chi connectivity index (χ2n) is 13.9. The zero-order valence-electron chi connectivity index (χ0n) is 23.3. The van der Waals surface area contributed by atoms with E-state index in [9.17, 15) is 0 Å². The molecule has 2 unspecified atom stereocenters. The van der Waals surface area contributed by atoms with Crippen LogP contribution in [-0.2, 0) is 18.9 Å². The van der Waals surface area contributed by atoms with E-state index < -0.39 is 0 Å². The smallest absolute Gasteiger partial charge is 0.157 e. The van der Waals surface area contributed by atoms with Gasteiger partial charge in [-0.1, -0.05) is 32.4 Å². The first-order valence-corrected chi connectivity index (χ1v) is 15.7. The highest BCUT2D eigenvalue weighted by Gasteiger charge is 2.60. The Kier molecular flexibility index (Phi) is 7.63. The third-order valence-corrected chi connectivity index (χ3v) is 11.4. The molecule has 0 aromatic rings. The molecular formula is C32H52O4. The number of fused-ring (bicyclic) bond motifs is 5. The molecule has 2 heterocycles. The highest BCUT2D eigenvalue weighted by atomic mass is 16.7. The van der Waals surface area contributed by atoms with Gasteiger partial charge >= 0.3 is 0 Å². The molecule has 0 bridgehead atoms. The van der Waals surface area contributed by atoms with Crippen molar-refractivity contribution in [3.05, 3.63) is 11.6 Å². The predicted octanol–water partition coefficient (Wildman–Crippen LogP) is 7.80. The van der Waals surface area contributed by atoms with Crippen LogP contribution in [0, 0.1) is 34.5 Å². The molecule has 4 nitrogen and oxygen atoms in total. The van der Waals surface area contributed by atoms with Crippen LogP contribution in [0.25, 0.3) is 0 Å². The van der Waals surface area contributed by atoms with Crippen LogP contribution in [0.15, 0.2) is 11.6 Å². The average Bonchev–Trinajstić information content (AvgIpc) is 3.21. The van der Waals surface area contributed by atoms with Crippen molar-refractivity contribution < 1.29 is 18.9 Å². The lowest BCUT2D eigenvalue weighted by atomic mass is 9.46. The van der Waals surface area contributed by atoms with E-state index in [2.05, 4.69) is 26.8 Å². The van der Waals surface area contributed by atoms with E-state index in [4.69, 9.17) is 18.9 Å². The zero-order chi connectivity index (χ0) is 24.8. The maximum Gasteiger partial charge on any atom is 0.157 e. The molecule has 3 saturated carbocycles. The summed E-state index contributed by atoms with van der Waals surface area (Å²) in [6.07, 6.45) is 22.2. The van der Waals surface area contributed by atoms with Gasteiger partial charge in [0, 0.05) is 13.2 Å². The lowest BCUT2D eigenvalue weighted by Crippen LogP contribution is -2.53. The van der Waals surface area contributed by atoms with Gasteiger partial charge in [0.1, 0.15) is 0 Å². The van der Waals surface area contributed by atoms with E-state index in [0.717, 1.165) is 56.1 Å². The monoisotopic (exact) mass is 500 g/mol. The molecule has 0 amide bonds. The van der Waals surface area contributed by atoms with Crippen LogP contribution in [-0.4, -0.2) is 38.0 Å². The SMILES string of the molecule is CC(C)C[C@]12CC[C@H](OC3CCCCO3)CC1=CC[C@@H]1[C@@H]2CC[C@]2(C)[C@@H](OC3CCCCO3)CC[C@@H]12. The summed E-state index contributed by atoms with van der Waals surface area (Å²) in [6, 6.07) is 0. The molecule has 0 N–H and O–H groups in total. The van der Waals surface area contributed by atoms with Gasteiger partial charge in [-0.05, 0) is 131 Å². The van der Waals surface area contributed by atoms with E-state index >= 15 is 0 Å². The first-order chi connectivity index (χ1) is 17.5. The average molecular weight is 501 g/mol. The number of ether oxygens (including phenoxy) is 4. The third kappa shape index (κ3) is 4.75. The normalized spacial score (nSPS) is 47.1. The molecule has 4 aliphatic carbocycles. The molecule has 0 aromatic carbocycles. The predicted molar refractivity (Wildman–Crippen MR) is 142 cm³/mol. The van der Waals surface area contributed by atoms with Crippen LogP contribution in [0.4, 0.5) is 0 Å². The number of allylic oxidation sites excluding steroid dienone is 1. The summed E-state index contributed by atoms with van der Waals surface area (Å²) < 4.78 is 25.2. The summed E-state index contributed by atoms with van der Waals surface area (Å²) in [5, 5.41) is 0. The fourth-order valence-corrected chi connectivity index (χ4v) is 9.86. The second kappa shape index (κ2) is 10.6. The van der Waals surface area contributed by atoms with E-state index in [1.54, 1.807) is 5.57 Å². The molecule has 0 radical (unpaired) electrons. The van der Waals surface area contributed by atoms with Gasteiger partial charge in [-0.3, -0.25) is 0 Å². The van der Waals surface area contributed by atoms with Gasteiger partial charge in [0.15, 0.2) is 12.6 Å². The van der Waals surface area contributed by atoms with E-state index in [1.807, 2.05) is 0 Å². The minimum atomic E-state index is 0.0391. The molecule has 204 valence electrons. The Morgan fingerprint density at radius 3 is 2.31 bits per heavy atom. The van der Waals surface area contributed by atoms with Gasteiger partial charge in [0.25, 0.3) is 0 Å². The van der Waals surface area contributed by atoms with Crippen molar-refractivity contribution in [3.8, 4) is 0 Å². The highest BCUT2D eigenvalue weighted by molar-refractivity contribution is 5.27. The Balaban J connectivity index is 1.19. The van der Waals surface area contributed by atoms with Crippen molar-refractivity contribution in [2.45, 2.75) is 142 Å². The molecule has 0 spiro atoms. The van der Waals surface area contributed by atoms with Crippen molar-refractivity contribution in [2.75, 3.05) is 13.2 Å².